The molecule has 8 heteroatoms. The Labute approximate surface area is 384 Å². The molecular formula is C56H80O8. The van der Waals surface area contributed by atoms with Gasteiger partial charge in [-0.05, 0) is 113 Å². The van der Waals surface area contributed by atoms with Gasteiger partial charge in [-0.15, -0.1) is 0 Å². The molecule has 2 aromatic heterocycles. The highest BCUT2D eigenvalue weighted by Gasteiger charge is 2.10. The van der Waals surface area contributed by atoms with Crippen molar-refractivity contribution in [2.24, 2.45) is 0 Å². The fourth-order valence-corrected chi connectivity index (χ4v) is 7.78. The molecule has 0 unspecified atom stereocenters. The van der Waals surface area contributed by atoms with Gasteiger partial charge in [0.25, 0.3) is 0 Å². The molecule has 0 spiro atoms. The molecule has 0 fully saturated rings. The summed E-state index contributed by atoms with van der Waals surface area (Å²) in [6.07, 6.45) is 42.2. The van der Waals surface area contributed by atoms with Crippen LogP contribution >= 0.6 is 0 Å². The van der Waals surface area contributed by atoms with Gasteiger partial charge >= 0.3 is 23.2 Å². The van der Waals surface area contributed by atoms with Crippen molar-refractivity contribution < 1.29 is 27.9 Å². The first kappa shape index (κ1) is 53.6. The van der Waals surface area contributed by atoms with Crippen LogP contribution in [0.4, 0.5) is 0 Å². The highest BCUT2D eigenvalue weighted by Crippen LogP contribution is 2.24. The molecule has 0 aliphatic carbocycles. The predicted molar refractivity (Wildman–Crippen MR) is 265 cm³/mol. The van der Waals surface area contributed by atoms with Crippen LogP contribution in [0.25, 0.3) is 21.9 Å². The van der Waals surface area contributed by atoms with Crippen LogP contribution in [0.1, 0.15) is 205 Å². The van der Waals surface area contributed by atoms with Gasteiger partial charge in [-0.1, -0.05) is 141 Å². The Balaban J connectivity index is 0.000000340. The Morgan fingerprint density at radius 2 is 0.750 bits per heavy atom. The van der Waals surface area contributed by atoms with E-state index in [1.807, 2.05) is 26.0 Å². The number of hydrogen-bond acceptors (Lipinski definition) is 8. The van der Waals surface area contributed by atoms with Crippen molar-refractivity contribution in [3.05, 3.63) is 105 Å². The summed E-state index contributed by atoms with van der Waals surface area (Å²) in [6, 6.07) is 13.3. The number of fused-ring (bicyclic) bond motifs is 2. The summed E-state index contributed by atoms with van der Waals surface area (Å²) in [5.74, 6) is 0.363. The van der Waals surface area contributed by atoms with Crippen molar-refractivity contribution in [3.63, 3.8) is 0 Å². The van der Waals surface area contributed by atoms with E-state index in [-0.39, 0.29) is 11.9 Å². The summed E-state index contributed by atoms with van der Waals surface area (Å²) >= 11 is 0. The SMILES string of the molecule is CCCCCCCC/C=C/CCCCCCCC(=O)Oc1ccc2c(C)cc(=O)oc2c1.CCCCCCCC/C=C\CCCCCCCC(=O)Oc1ccc2c(C)cc(=O)oc2c1. The maximum Gasteiger partial charge on any atom is 0.336 e. The molecule has 0 aliphatic rings. The summed E-state index contributed by atoms with van der Waals surface area (Å²) < 4.78 is 21.2. The number of ether oxygens (including phenoxy) is 2. The second-order valence-corrected chi connectivity index (χ2v) is 17.4. The van der Waals surface area contributed by atoms with Crippen LogP contribution in [0, 0.1) is 13.8 Å². The van der Waals surface area contributed by atoms with Crippen molar-refractivity contribution in [2.45, 2.75) is 207 Å². The average molecular weight is 881 g/mol. The van der Waals surface area contributed by atoms with Crippen molar-refractivity contribution >= 4 is 33.9 Å². The standard InChI is InChI=1S/2C28H40O4/c2*1-3-4-5-6-7-8-9-10-11-12-13-14-15-16-17-18-27(29)31-24-19-20-25-23(2)21-28(30)32-26(25)22-24/h2*10-11,19-22H,3-9,12-18H2,1-2H3/b11-10+;11-10-. The first-order chi connectivity index (χ1) is 31.2. The van der Waals surface area contributed by atoms with Crippen LogP contribution in [0.15, 0.2) is 91.3 Å². The summed E-state index contributed by atoms with van der Waals surface area (Å²) in [7, 11) is 0. The maximum absolute atomic E-state index is 12.1. The second-order valence-electron chi connectivity index (χ2n) is 17.4. The van der Waals surface area contributed by atoms with Gasteiger partial charge in [-0.25, -0.2) is 9.59 Å². The third kappa shape index (κ3) is 23.8. The first-order valence-corrected chi connectivity index (χ1v) is 25.0. The minimum absolute atomic E-state index is 0.239. The first-order valence-electron chi connectivity index (χ1n) is 25.0. The number of benzene rings is 2. The fourth-order valence-electron chi connectivity index (χ4n) is 7.78. The molecule has 0 saturated carbocycles. The zero-order valence-electron chi connectivity index (χ0n) is 40.0. The summed E-state index contributed by atoms with van der Waals surface area (Å²) in [5.41, 5.74) is 1.80. The van der Waals surface area contributed by atoms with Crippen LogP contribution in [0.3, 0.4) is 0 Å². The number of carbonyl (C=O) groups excluding carboxylic acids is 2. The van der Waals surface area contributed by atoms with Gasteiger partial charge in [0.1, 0.15) is 22.7 Å². The Kier molecular flexibility index (Phi) is 28.3. The molecule has 4 rings (SSSR count). The molecule has 64 heavy (non-hydrogen) atoms. The molecule has 0 bridgehead atoms. The largest absolute Gasteiger partial charge is 0.426 e. The summed E-state index contributed by atoms with van der Waals surface area (Å²) in [4.78, 5) is 47.2. The van der Waals surface area contributed by atoms with E-state index in [4.69, 9.17) is 18.3 Å². The number of esters is 2. The Hall–Kier alpha value is -4.72. The normalized spacial score (nSPS) is 11.4. The number of hydrogen-bond donors (Lipinski definition) is 0. The lowest BCUT2D eigenvalue weighted by molar-refractivity contribution is -0.135. The molecule has 2 heterocycles. The van der Waals surface area contributed by atoms with Gasteiger partial charge in [-0.2, -0.15) is 0 Å². The monoisotopic (exact) mass is 881 g/mol. The van der Waals surface area contributed by atoms with E-state index in [1.165, 1.54) is 128 Å². The molecule has 2 aromatic carbocycles. The number of aryl methyl sites for hydroxylation is 2. The van der Waals surface area contributed by atoms with E-state index in [9.17, 15) is 19.2 Å². The number of allylic oxidation sites excluding steroid dienone is 4. The van der Waals surface area contributed by atoms with Crippen LogP contribution in [0.5, 0.6) is 11.5 Å². The van der Waals surface area contributed by atoms with E-state index in [2.05, 4.69) is 38.2 Å². The zero-order chi connectivity index (χ0) is 46.0. The topological polar surface area (TPSA) is 113 Å². The molecule has 0 atom stereocenters. The van der Waals surface area contributed by atoms with Crippen molar-refractivity contribution in [1.82, 2.24) is 0 Å². The van der Waals surface area contributed by atoms with E-state index in [0.717, 1.165) is 73.3 Å². The van der Waals surface area contributed by atoms with Crippen molar-refractivity contribution in [3.8, 4) is 11.5 Å². The van der Waals surface area contributed by atoms with Crippen LogP contribution in [-0.4, -0.2) is 11.9 Å². The third-order valence-electron chi connectivity index (χ3n) is 11.6. The molecular weight excluding hydrogens is 801 g/mol. The third-order valence-corrected chi connectivity index (χ3v) is 11.6. The molecule has 0 saturated heterocycles. The predicted octanol–water partition coefficient (Wildman–Crippen LogP) is 16.1. The summed E-state index contributed by atoms with van der Waals surface area (Å²) in [6.45, 7) is 8.23. The molecule has 0 radical (unpaired) electrons. The van der Waals surface area contributed by atoms with E-state index in [1.54, 1.807) is 24.3 Å². The Morgan fingerprint density at radius 3 is 1.09 bits per heavy atom. The Bertz CT molecular complexity index is 1940. The molecule has 352 valence electrons. The van der Waals surface area contributed by atoms with Crippen LogP contribution in [0.2, 0.25) is 0 Å². The lowest BCUT2D eigenvalue weighted by Crippen LogP contribution is -2.07. The van der Waals surface area contributed by atoms with E-state index >= 15 is 0 Å². The smallest absolute Gasteiger partial charge is 0.336 e. The Morgan fingerprint density at radius 1 is 0.438 bits per heavy atom. The lowest BCUT2D eigenvalue weighted by Gasteiger charge is -2.06. The van der Waals surface area contributed by atoms with Crippen LogP contribution < -0.4 is 20.7 Å². The minimum atomic E-state index is -0.397. The van der Waals surface area contributed by atoms with Gasteiger partial charge < -0.3 is 18.3 Å². The van der Waals surface area contributed by atoms with E-state index < -0.39 is 11.3 Å². The average Bonchev–Trinajstić information content (AvgIpc) is 3.26. The molecule has 8 nitrogen and oxygen atoms in total. The molecule has 0 aliphatic heterocycles. The maximum atomic E-state index is 12.1. The second kappa shape index (κ2) is 33.7. The zero-order valence-corrected chi connectivity index (χ0v) is 40.0. The van der Waals surface area contributed by atoms with Gasteiger partial charge in [-0.3, -0.25) is 9.59 Å². The van der Waals surface area contributed by atoms with Gasteiger partial charge in [0.05, 0.1) is 0 Å². The van der Waals surface area contributed by atoms with Gasteiger partial charge in [0.2, 0.25) is 0 Å². The number of rotatable bonds is 32. The fraction of sp³-hybridized carbons (Fsp3) is 0.571. The number of unbranched alkanes of at least 4 members (excludes halogenated alkanes) is 22. The number of carbonyl (C=O) groups is 2. The minimum Gasteiger partial charge on any atom is -0.426 e. The molecule has 0 N–H and O–H groups in total. The molecule has 4 aromatic rings. The van der Waals surface area contributed by atoms with Gasteiger partial charge in [0.15, 0.2) is 0 Å². The van der Waals surface area contributed by atoms with Crippen molar-refractivity contribution in [2.75, 3.05) is 0 Å². The molecule has 0 amide bonds. The highest BCUT2D eigenvalue weighted by molar-refractivity contribution is 5.83. The quantitative estimate of drug-likeness (QED) is 0.0157. The highest BCUT2D eigenvalue weighted by atomic mass is 16.5. The van der Waals surface area contributed by atoms with E-state index in [0.29, 0.717) is 35.5 Å². The lowest BCUT2D eigenvalue weighted by atomic mass is 10.1. The summed E-state index contributed by atoms with van der Waals surface area (Å²) in [5, 5.41) is 1.70. The van der Waals surface area contributed by atoms with Crippen LogP contribution in [-0.2, 0) is 9.59 Å². The van der Waals surface area contributed by atoms with Crippen molar-refractivity contribution in [1.29, 1.82) is 0 Å². The van der Waals surface area contributed by atoms with Gasteiger partial charge in [0, 0.05) is 47.9 Å².